The third-order valence-electron chi connectivity index (χ3n) is 7.86. The lowest BCUT2D eigenvalue weighted by Gasteiger charge is -2.61. The van der Waals surface area contributed by atoms with E-state index in [4.69, 9.17) is 19.2 Å². The molecule has 1 unspecified atom stereocenters. The van der Waals surface area contributed by atoms with Gasteiger partial charge in [-0.1, -0.05) is 13.8 Å². The molecule has 8 heteroatoms. The second-order valence-corrected chi connectivity index (χ2v) is 11.8. The van der Waals surface area contributed by atoms with Gasteiger partial charge < -0.3 is 9.47 Å². The molecule has 0 radical (unpaired) electrons. The highest BCUT2D eigenvalue weighted by atomic mass is 32.2. The van der Waals surface area contributed by atoms with Crippen LogP contribution in [0, 0.1) is 23.7 Å². The Morgan fingerprint density at radius 1 is 1.00 bits per heavy atom. The second kappa shape index (κ2) is 6.12. The zero-order valence-corrected chi connectivity index (χ0v) is 17.2. The van der Waals surface area contributed by atoms with Crippen LogP contribution in [0.3, 0.4) is 0 Å². The van der Waals surface area contributed by atoms with Crippen molar-refractivity contribution in [1.29, 1.82) is 0 Å². The van der Waals surface area contributed by atoms with E-state index in [9.17, 15) is 8.42 Å². The second-order valence-electron chi connectivity index (χ2n) is 9.48. The quantitative estimate of drug-likeness (QED) is 0.622. The van der Waals surface area contributed by atoms with Crippen molar-refractivity contribution in [1.82, 2.24) is 4.90 Å². The number of hydrogen-bond donors (Lipinski definition) is 0. The van der Waals surface area contributed by atoms with Crippen LogP contribution in [0.4, 0.5) is 0 Å². The molecule has 8 atom stereocenters. The summed E-state index contributed by atoms with van der Waals surface area (Å²) in [4.78, 5) is 14.2. The Labute approximate surface area is 161 Å². The summed E-state index contributed by atoms with van der Waals surface area (Å²) < 4.78 is 36.7. The van der Waals surface area contributed by atoms with Crippen molar-refractivity contribution in [3.05, 3.63) is 0 Å². The minimum atomic E-state index is -2.92. The SMILES string of the molecule is C[C@H]1[C@H](N2CCS(=O)(=O)CC2)O[C@@H]2O[C@]3(C)CC[C@H]4[C@H](C)CC[C@@H]1C24OO3. The third-order valence-corrected chi connectivity index (χ3v) is 9.47. The highest BCUT2D eigenvalue weighted by Crippen LogP contribution is 2.60. The molecule has 0 N–H and O–H groups in total. The van der Waals surface area contributed by atoms with E-state index in [0.717, 1.165) is 19.3 Å². The minimum Gasteiger partial charge on any atom is -0.331 e. The van der Waals surface area contributed by atoms with Gasteiger partial charge in [-0.05, 0) is 38.0 Å². The molecule has 5 heterocycles. The van der Waals surface area contributed by atoms with Gasteiger partial charge in [0.25, 0.3) is 0 Å². The lowest BCUT2D eigenvalue weighted by Crippen LogP contribution is -2.72. The standard InChI is InChI=1S/C19H31NO6S/c1-12-4-5-15-13(2)16(20-8-10-27(21,22)11-9-20)23-17-19(15)14(12)6-7-18(3,24-17)25-26-19/h12-17H,4-11H2,1-3H3/t12-,13-,14+,15+,16-,17-,18+,19?/m1/s1. The van der Waals surface area contributed by atoms with Gasteiger partial charge in [-0.25, -0.2) is 18.2 Å². The van der Waals surface area contributed by atoms with Crippen molar-refractivity contribution in [3.63, 3.8) is 0 Å². The molecule has 1 aliphatic carbocycles. The lowest BCUT2D eigenvalue weighted by molar-refractivity contribution is -0.574. The Morgan fingerprint density at radius 3 is 2.48 bits per heavy atom. The first-order chi connectivity index (χ1) is 12.7. The van der Waals surface area contributed by atoms with E-state index in [1.54, 1.807) is 0 Å². The summed E-state index contributed by atoms with van der Waals surface area (Å²) in [6.45, 7) is 7.51. The van der Waals surface area contributed by atoms with Gasteiger partial charge in [-0.2, -0.15) is 0 Å². The largest absolute Gasteiger partial charge is 0.331 e. The molecule has 7 nitrogen and oxygen atoms in total. The van der Waals surface area contributed by atoms with Crippen molar-refractivity contribution in [2.24, 2.45) is 23.7 Å². The maximum Gasteiger partial charge on any atom is 0.201 e. The Kier molecular flexibility index (Phi) is 4.25. The summed E-state index contributed by atoms with van der Waals surface area (Å²) in [7, 11) is -2.92. The zero-order chi connectivity index (χ0) is 19.0. The molecule has 0 aromatic rings. The molecule has 6 fully saturated rings. The normalized spacial score (nSPS) is 54.9. The highest BCUT2D eigenvalue weighted by Gasteiger charge is 2.69. The Bertz CT molecular complexity index is 701. The van der Waals surface area contributed by atoms with E-state index >= 15 is 0 Å². The van der Waals surface area contributed by atoms with Gasteiger partial charge in [-0.15, -0.1) is 0 Å². The molecule has 0 amide bonds. The first kappa shape index (κ1) is 18.8. The molecule has 154 valence electrons. The summed E-state index contributed by atoms with van der Waals surface area (Å²) in [5, 5.41) is 0. The molecular weight excluding hydrogens is 370 g/mol. The summed E-state index contributed by atoms with van der Waals surface area (Å²) in [5.74, 6) is 1.05. The van der Waals surface area contributed by atoms with Gasteiger partial charge >= 0.3 is 0 Å². The molecule has 1 spiro atoms. The van der Waals surface area contributed by atoms with Crippen LogP contribution in [0.15, 0.2) is 0 Å². The smallest absolute Gasteiger partial charge is 0.201 e. The van der Waals surface area contributed by atoms with E-state index in [-0.39, 0.29) is 29.6 Å². The molecule has 0 aromatic heterocycles. The molecule has 1 saturated carbocycles. The van der Waals surface area contributed by atoms with Crippen molar-refractivity contribution >= 4 is 9.84 Å². The van der Waals surface area contributed by atoms with Crippen LogP contribution < -0.4 is 0 Å². The number of ether oxygens (including phenoxy) is 2. The van der Waals surface area contributed by atoms with Crippen LogP contribution in [0.2, 0.25) is 0 Å². The number of fused-ring (bicyclic) bond motifs is 2. The minimum absolute atomic E-state index is 0.137. The maximum absolute atomic E-state index is 11.9. The lowest BCUT2D eigenvalue weighted by atomic mass is 9.58. The van der Waals surface area contributed by atoms with Crippen LogP contribution >= 0.6 is 0 Å². The van der Waals surface area contributed by atoms with Gasteiger partial charge in [0.1, 0.15) is 6.23 Å². The first-order valence-corrected chi connectivity index (χ1v) is 12.2. The van der Waals surface area contributed by atoms with Crippen molar-refractivity contribution < 1.29 is 27.7 Å². The summed E-state index contributed by atoms with van der Waals surface area (Å²) in [5.41, 5.74) is -0.550. The number of rotatable bonds is 1. The van der Waals surface area contributed by atoms with E-state index in [2.05, 4.69) is 18.7 Å². The van der Waals surface area contributed by atoms with E-state index < -0.39 is 27.5 Å². The molecule has 5 aliphatic heterocycles. The van der Waals surface area contributed by atoms with Gasteiger partial charge in [0, 0.05) is 31.3 Å². The topological polar surface area (TPSA) is 74.3 Å². The number of nitrogens with zero attached hydrogens (tertiary/aromatic N) is 1. The summed E-state index contributed by atoms with van der Waals surface area (Å²) in [6.07, 6.45) is 3.46. The average molecular weight is 402 g/mol. The van der Waals surface area contributed by atoms with Crippen LogP contribution in [-0.4, -0.2) is 61.8 Å². The Morgan fingerprint density at radius 2 is 1.74 bits per heavy atom. The molecule has 0 aromatic carbocycles. The first-order valence-electron chi connectivity index (χ1n) is 10.4. The molecular formula is C19H31NO6S. The summed E-state index contributed by atoms with van der Waals surface area (Å²) in [6, 6.07) is 0. The Balaban J connectivity index is 1.48. The molecule has 2 bridgehead atoms. The highest BCUT2D eigenvalue weighted by molar-refractivity contribution is 7.91. The maximum atomic E-state index is 11.9. The van der Waals surface area contributed by atoms with E-state index in [1.165, 1.54) is 6.42 Å². The molecule has 6 aliphatic rings. The number of sulfone groups is 1. The Hall–Kier alpha value is -0.250. The fourth-order valence-electron chi connectivity index (χ4n) is 6.29. The van der Waals surface area contributed by atoms with Gasteiger partial charge in [0.15, 0.2) is 21.7 Å². The predicted octanol–water partition coefficient (Wildman–Crippen LogP) is 1.92. The van der Waals surface area contributed by atoms with Crippen molar-refractivity contribution in [3.8, 4) is 0 Å². The average Bonchev–Trinajstić information content (AvgIpc) is 2.85. The van der Waals surface area contributed by atoms with Crippen molar-refractivity contribution in [2.45, 2.75) is 70.4 Å². The van der Waals surface area contributed by atoms with Crippen LogP contribution in [0.1, 0.15) is 46.5 Å². The molecule has 6 rings (SSSR count). The third kappa shape index (κ3) is 2.74. The van der Waals surface area contributed by atoms with Gasteiger partial charge in [0.2, 0.25) is 5.79 Å². The van der Waals surface area contributed by atoms with Crippen LogP contribution in [0.5, 0.6) is 0 Å². The van der Waals surface area contributed by atoms with Gasteiger partial charge in [0.05, 0.1) is 11.5 Å². The zero-order valence-electron chi connectivity index (χ0n) is 16.4. The number of hydrogen-bond acceptors (Lipinski definition) is 7. The van der Waals surface area contributed by atoms with Crippen LogP contribution in [0.25, 0.3) is 0 Å². The van der Waals surface area contributed by atoms with Crippen LogP contribution in [-0.2, 0) is 29.1 Å². The predicted molar refractivity (Wildman–Crippen MR) is 97.1 cm³/mol. The van der Waals surface area contributed by atoms with E-state index in [1.807, 2.05) is 6.92 Å². The fraction of sp³-hybridized carbons (Fsp3) is 1.00. The fourth-order valence-corrected chi connectivity index (χ4v) is 7.51. The molecule has 27 heavy (non-hydrogen) atoms. The molecule has 5 saturated heterocycles. The monoisotopic (exact) mass is 401 g/mol. The van der Waals surface area contributed by atoms with Gasteiger partial charge in [-0.3, -0.25) is 4.90 Å². The summed E-state index contributed by atoms with van der Waals surface area (Å²) >= 11 is 0. The van der Waals surface area contributed by atoms with Crippen molar-refractivity contribution in [2.75, 3.05) is 24.6 Å². The van der Waals surface area contributed by atoms with E-state index in [0.29, 0.717) is 24.9 Å².